The number of amides is 2. The van der Waals surface area contributed by atoms with Crippen molar-refractivity contribution in [2.24, 2.45) is 11.7 Å². The van der Waals surface area contributed by atoms with Crippen LogP contribution in [0.2, 0.25) is 5.02 Å². The fourth-order valence-corrected chi connectivity index (χ4v) is 4.62. The van der Waals surface area contributed by atoms with Gasteiger partial charge in [0.1, 0.15) is 11.7 Å². The second kappa shape index (κ2) is 5.57. The van der Waals surface area contributed by atoms with Gasteiger partial charge >= 0.3 is 0 Å². The molecule has 0 unspecified atom stereocenters. The van der Waals surface area contributed by atoms with E-state index in [1.54, 1.807) is 11.0 Å². The number of piperidine rings is 1. The molecule has 2 heterocycles. The van der Waals surface area contributed by atoms with Crippen molar-refractivity contribution in [3.8, 4) is 10.4 Å². The van der Waals surface area contributed by atoms with Crippen molar-refractivity contribution < 1.29 is 9.59 Å². The number of carbonyl (C=O) groups is 2. The topological polar surface area (TPSA) is 76.3 Å². The van der Waals surface area contributed by atoms with E-state index in [0.29, 0.717) is 23.1 Å². The van der Waals surface area contributed by atoms with Crippen LogP contribution >= 0.6 is 22.9 Å². The van der Waals surface area contributed by atoms with Crippen LogP contribution in [0.4, 0.5) is 0 Å². The summed E-state index contributed by atoms with van der Waals surface area (Å²) in [4.78, 5) is 31.7. The number of hydrogen-bond acceptors (Lipinski definition) is 4. The summed E-state index contributed by atoms with van der Waals surface area (Å²) in [5.41, 5.74) is 6.74. The maximum Gasteiger partial charge on any atom is 0.274 e. The van der Waals surface area contributed by atoms with Gasteiger partial charge in [0.2, 0.25) is 5.91 Å². The van der Waals surface area contributed by atoms with E-state index in [1.807, 2.05) is 25.1 Å². The van der Waals surface area contributed by atoms with Crippen molar-refractivity contribution in [3.05, 3.63) is 40.0 Å². The number of primary amides is 1. The Morgan fingerprint density at radius 3 is 2.88 bits per heavy atom. The summed E-state index contributed by atoms with van der Waals surface area (Å²) in [5.74, 6) is -0.240. The maximum atomic E-state index is 13.1. The Balaban J connectivity index is 1.74. The Labute approximate surface area is 148 Å². The Hall–Kier alpha value is -1.92. The van der Waals surface area contributed by atoms with E-state index in [1.165, 1.54) is 11.3 Å². The highest BCUT2D eigenvalue weighted by Crippen LogP contribution is 2.48. The summed E-state index contributed by atoms with van der Waals surface area (Å²) in [6, 6.07) is 6.98. The largest absolute Gasteiger partial charge is 0.368 e. The van der Waals surface area contributed by atoms with E-state index >= 15 is 0 Å². The monoisotopic (exact) mass is 361 g/mol. The third-order valence-electron chi connectivity index (χ3n) is 4.69. The van der Waals surface area contributed by atoms with Crippen LogP contribution in [-0.4, -0.2) is 33.8 Å². The minimum atomic E-state index is -0.518. The molecule has 5 nitrogen and oxygen atoms in total. The Morgan fingerprint density at radius 1 is 1.38 bits per heavy atom. The molecule has 1 aliphatic heterocycles. The van der Waals surface area contributed by atoms with Gasteiger partial charge in [-0.3, -0.25) is 9.59 Å². The Morgan fingerprint density at radius 2 is 2.17 bits per heavy atom. The molecule has 1 aliphatic carbocycles. The predicted octanol–water partition coefficient (Wildman–Crippen LogP) is 2.86. The first-order chi connectivity index (χ1) is 11.5. The Kier molecular flexibility index (Phi) is 3.62. The second-order valence-electron chi connectivity index (χ2n) is 6.35. The number of rotatable bonds is 3. The smallest absolute Gasteiger partial charge is 0.274 e. The Bertz CT molecular complexity index is 850. The number of carbonyl (C=O) groups excluding carboxylic acids is 2. The molecule has 1 saturated carbocycles. The molecule has 2 aromatic rings. The van der Waals surface area contributed by atoms with E-state index in [-0.39, 0.29) is 11.9 Å². The molecule has 0 spiro atoms. The van der Waals surface area contributed by atoms with Crippen LogP contribution in [0.15, 0.2) is 24.3 Å². The molecule has 1 saturated heterocycles. The highest BCUT2D eigenvalue weighted by Gasteiger charge is 2.56. The van der Waals surface area contributed by atoms with Gasteiger partial charge in [0.05, 0.1) is 9.88 Å². The van der Waals surface area contributed by atoms with E-state index in [4.69, 9.17) is 17.3 Å². The molecule has 2 aliphatic rings. The van der Waals surface area contributed by atoms with Gasteiger partial charge in [-0.2, -0.15) is 0 Å². The average molecular weight is 362 g/mol. The molecule has 1 aromatic heterocycles. The zero-order valence-corrected chi connectivity index (χ0v) is 14.6. The summed E-state index contributed by atoms with van der Waals surface area (Å²) in [7, 11) is 0. The van der Waals surface area contributed by atoms with Crippen LogP contribution in [0.1, 0.15) is 28.3 Å². The summed E-state index contributed by atoms with van der Waals surface area (Å²) in [5, 5.41) is 1.41. The number of nitrogens with two attached hydrogens (primary N) is 1. The van der Waals surface area contributed by atoms with Gasteiger partial charge in [-0.15, -0.1) is 11.3 Å². The van der Waals surface area contributed by atoms with Crippen LogP contribution in [0.3, 0.4) is 0 Å². The summed E-state index contributed by atoms with van der Waals surface area (Å²) < 4.78 is 0. The molecule has 4 rings (SSSR count). The molecule has 1 aromatic carbocycles. The van der Waals surface area contributed by atoms with Crippen molar-refractivity contribution in [1.82, 2.24) is 9.88 Å². The summed E-state index contributed by atoms with van der Waals surface area (Å²) >= 11 is 7.54. The van der Waals surface area contributed by atoms with Crippen LogP contribution in [-0.2, 0) is 4.79 Å². The lowest BCUT2D eigenvalue weighted by Crippen LogP contribution is -2.46. The van der Waals surface area contributed by atoms with E-state index in [2.05, 4.69) is 4.98 Å². The minimum absolute atomic E-state index is 0.129. The first-order valence-corrected chi connectivity index (χ1v) is 9.00. The highest BCUT2D eigenvalue weighted by molar-refractivity contribution is 7.15. The molecule has 2 fully saturated rings. The average Bonchev–Trinajstić information content (AvgIpc) is 3.02. The second-order valence-corrected chi connectivity index (χ2v) is 7.99. The lowest BCUT2D eigenvalue weighted by atomic mass is 10.1. The van der Waals surface area contributed by atoms with Crippen molar-refractivity contribution in [1.29, 1.82) is 0 Å². The number of halogens is 1. The van der Waals surface area contributed by atoms with Crippen LogP contribution < -0.4 is 5.73 Å². The van der Waals surface area contributed by atoms with Gasteiger partial charge in [0.15, 0.2) is 0 Å². The minimum Gasteiger partial charge on any atom is -0.368 e. The molecule has 0 bridgehead atoms. The van der Waals surface area contributed by atoms with Crippen molar-refractivity contribution in [2.75, 3.05) is 0 Å². The van der Waals surface area contributed by atoms with Gasteiger partial charge in [-0.25, -0.2) is 4.98 Å². The molecular weight excluding hydrogens is 346 g/mol. The third kappa shape index (κ3) is 2.50. The van der Waals surface area contributed by atoms with Gasteiger partial charge in [0.25, 0.3) is 5.91 Å². The van der Waals surface area contributed by atoms with Crippen LogP contribution in [0.25, 0.3) is 10.4 Å². The lowest BCUT2D eigenvalue weighted by molar-refractivity contribution is -0.122. The van der Waals surface area contributed by atoms with E-state index in [0.717, 1.165) is 21.9 Å². The van der Waals surface area contributed by atoms with Gasteiger partial charge in [-0.1, -0.05) is 23.7 Å². The van der Waals surface area contributed by atoms with Crippen molar-refractivity contribution >= 4 is 34.8 Å². The van der Waals surface area contributed by atoms with Crippen LogP contribution in [0, 0.1) is 12.8 Å². The number of hydrogen-bond donors (Lipinski definition) is 1. The summed E-state index contributed by atoms with van der Waals surface area (Å²) in [6.07, 6.45) is 1.62. The first kappa shape index (κ1) is 15.6. The lowest BCUT2D eigenvalue weighted by Gasteiger charge is -2.24. The number of fused-ring (bicyclic) bond motifs is 1. The molecule has 24 heavy (non-hydrogen) atoms. The SMILES string of the molecule is Cc1nc(C(=O)N2[C@H](C(N)=O)C[C@@H]3C[C@@H]32)c(-c2cccc(Cl)c2)s1. The number of nitrogens with zero attached hydrogens (tertiary/aromatic N) is 2. The van der Waals surface area contributed by atoms with E-state index in [9.17, 15) is 9.59 Å². The van der Waals surface area contributed by atoms with Gasteiger partial charge < -0.3 is 10.6 Å². The number of benzene rings is 1. The fourth-order valence-electron chi connectivity index (χ4n) is 3.52. The zero-order chi connectivity index (χ0) is 17.0. The van der Waals surface area contributed by atoms with E-state index < -0.39 is 11.9 Å². The van der Waals surface area contributed by atoms with Gasteiger partial charge in [0, 0.05) is 11.1 Å². The molecule has 0 radical (unpaired) electrons. The number of aromatic nitrogens is 1. The molecule has 7 heteroatoms. The van der Waals surface area contributed by atoms with Gasteiger partial charge in [-0.05, 0) is 43.4 Å². The molecule has 2 amide bonds. The number of thiazole rings is 1. The number of likely N-dealkylation sites (tertiary alicyclic amines) is 1. The van der Waals surface area contributed by atoms with Crippen molar-refractivity contribution in [2.45, 2.75) is 31.8 Å². The zero-order valence-electron chi connectivity index (χ0n) is 13.0. The molecule has 3 atom stereocenters. The van der Waals surface area contributed by atoms with Crippen LogP contribution in [0.5, 0.6) is 0 Å². The number of aryl methyl sites for hydroxylation is 1. The molecule has 2 N–H and O–H groups in total. The first-order valence-electron chi connectivity index (χ1n) is 7.81. The maximum absolute atomic E-state index is 13.1. The standard InChI is InChI=1S/C17H16ClN3O2S/c1-8-20-14(15(24-8)9-3-2-4-11(18)5-9)17(23)21-12-6-10(12)7-13(21)16(19)22/h2-5,10,12-13H,6-7H2,1H3,(H2,19,22)/t10-,12-,13-/m0/s1. The quantitative estimate of drug-likeness (QED) is 0.913. The summed E-state index contributed by atoms with van der Waals surface area (Å²) in [6.45, 7) is 1.87. The molecular formula is C17H16ClN3O2S. The third-order valence-corrected chi connectivity index (χ3v) is 5.95. The normalized spacial score (nSPS) is 24.8. The van der Waals surface area contributed by atoms with Crippen molar-refractivity contribution in [3.63, 3.8) is 0 Å². The molecule has 124 valence electrons. The predicted molar refractivity (Wildman–Crippen MR) is 93.0 cm³/mol. The highest BCUT2D eigenvalue weighted by atomic mass is 35.5. The fraction of sp³-hybridized carbons (Fsp3) is 0.353.